The quantitative estimate of drug-likeness (QED) is 0.488. The van der Waals surface area contributed by atoms with Crippen molar-refractivity contribution in [3.63, 3.8) is 0 Å². The maximum Gasteiger partial charge on any atom is 0.525 e. The summed E-state index contributed by atoms with van der Waals surface area (Å²) >= 11 is 0. The Bertz CT molecular complexity index is 227. The first-order chi connectivity index (χ1) is 8.92. The van der Waals surface area contributed by atoms with Crippen LogP contribution < -0.4 is 11.5 Å². The minimum absolute atomic E-state index is 0.284. The van der Waals surface area contributed by atoms with Gasteiger partial charge in [0, 0.05) is 42.7 Å². The van der Waals surface area contributed by atoms with Gasteiger partial charge in [0.15, 0.2) is 4.79 Å². The van der Waals surface area contributed by atoms with Crippen LogP contribution in [0.3, 0.4) is 0 Å². The first-order valence-corrected chi connectivity index (χ1v) is 9.17. The van der Waals surface area contributed by atoms with Crippen LogP contribution in [0, 0.1) is 0 Å². The highest BCUT2D eigenvalue weighted by molar-refractivity contribution is 6.85. The van der Waals surface area contributed by atoms with Gasteiger partial charge in [-0.05, 0) is 13.0 Å². The van der Waals surface area contributed by atoms with Gasteiger partial charge in [-0.15, -0.1) is 0 Å². The predicted molar refractivity (Wildman–Crippen MR) is 74.2 cm³/mol. The average molecular weight is 314 g/mol. The normalized spacial score (nSPS) is 13.9. The second-order valence-corrected chi connectivity index (χ2v) is 10.8. The summed E-state index contributed by atoms with van der Waals surface area (Å²) in [4.78, 5) is -1.20. The molecule has 0 aromatic heterocycles. The summed E-state index contributed by atoms with van der Waals surface area (Å²) in [5, 5.41) is 0. The van der Waals surface area contributed by atoms with Crippen LogP contribution in [0.15, 0.2) is 0 Å². The van der Waals surface area contributed by atoms with E-state index >= 15 is 0 Å². The van der Waals surface area contributed by atoms with Crippen molar-refractivity contribution in [3.05, 3.63) is 0 Å². The fourth-order valence-corrected chi connectivity index (χ4v) is 9.74. The Labute approximate surface area is 117 Å². The monoisotopic (exact) mass is 314 g/mol. The number of hydrogen-bond donors (Lipinski definition) is 2. The lowest BCUT2D eigenvalue weighted by Gasteiger charge is -2.46. The van der Waals surface area contributed by atoms with Gasteiger partial charge in [-0.2, -0.15) is 0 Å². The maximum atomic E-state index is 6.52. The highest BCUT2D eigenvalue weighted by atomic mass is 28.5. The summed E-state index contributed by atoms with van der Waals surface area (Å²) in [7, 11) is 2.21. The highest BCUT2D eigenvalue weighted by Crippen LogP contribution is 2.34. The SMILES string of the molecule is CO[Si](OC)(OC)C(N)(CCN)[Si](OC)(OC)OC. The number of rotatable bonds is 10. The molecule has 0 aliphatic heterocycles. The Morgan fingerprint density at radius 3 is 1.16 bits per heavy atom. The van der Waals surface area contributed by atoms with Crippen LogP contribution in [0.1, 0.15) is 6.42 Å². The summed E-state index contributed by atoms with van der Waals surface area (Å²) in [5.41, 5.74) is 12.2. The molecule has 0 heterocycles. The molecule has 0 spiro atoms. The van der Waals surface area contributed by atoms with Crippen molar-refractivity contribution in [1.82, 2.24) is 0 Å². The zero-order valence-corrected chi connectivity index (χ0v) is 14.5. The van der Waals surface area contributed by atoms with E-state index in [9.17, 15) is 0 Å². The largest absolute Gasteiger partial charge is 0.525 e. The third-order valence-electron chi connectivity index (χ3n) is 3.24. The van der Waals surface area contributed by atoms with Gasteiger partial charge >= 0.3 is 17.6 Å². The molecule has 0 amide bonds. The summed E-state index contributed by atoms with van der Waals surface area (Å²) in [6.07, 6.45) is 0.316. The Kier molecular flexibility index (Phi) is 7.83. The molecule has 10 heteroatoms. The van der Waals surface area contributed by atoms with Crippen LogP contribution in [0.4, 0.5) is 0 Å². The molecular formula is C9H26N2O6Si2. The number of nitrogens with two attached hydrogens (primary N) is 2. The van der Waals surface area contributed by atoms with Crippen LogP contribution in [0.5, 0.6) is 0 Å². The zero-order chi connectivity index (χ0) is 15.2. The van der Waals surface area contributed by atoms with Crippen LogP contribution in [0.2, 0.25) is 0 Å². The first-order valence-electron chi connectivity index (χ1n) is 5.72. The second-order valence-electron chi connectivity index (χ2n) is 3.85. The third kappa shape index (κ3) is 2.92. The lowest BCUT2D eigenvalue weighted by Crippen LogP contribution is -2.83. The zero-order valence-electron chi connectivity index (χ0n) is 12.5. The Morgan fingerprint density at radius 1 is 0.737 bits per heavy atom. The summed E-state index contributed by atoms with van der Waals surface area (Å²) in [5.74, 6) is 0. The molecule has 4 N–H and O–H groups in total. The van der Waals surface area contributed by atoms with E-state index in [-0.39, 0.29) is 6.54 Å². The van der Waals surface area contributed by atoms with E-state index in [0.717, 1.165) is 0 Å². The molecule has 0 unspecified atom stereocenters. The molecular weight excluding hydrogens is 288 g/mol. The van der Waals surface area contributed by atoms with Gasteiger partial charge in [-0.25, -0.2) is 0 Å². The topological polar surface area (TPSA) is 107 Å². The average Bonchev–Trinajstić information content (AvgIpc) is 2.44. The summed E-state index contributed by atoms with van der Waals surface area (Å²) in [6, 6.07) is 0. The predicted octanol–water partition coefficient (Wildman–Crippen LogP) is -1.13. The standard InChI is InChI=1S/C9H26N2O6Si2/c1-12-18(13-2,14-3)9(11,7-8-10)19(15-4,16-5)17-6/h7-8,10-11H2,1-6H3. The lowest BCUT2D eigenvalue weighted by atomic mass is 10.4. The van der Waals surface area contributed by atoms with E-state index in [4.69, 9.17) is 38.0 Å². The first kappa shape index (κ1) is 19.1. The minimum atomic E-state index is -3.31. The fourth-order valence-electron chi connectivity index (χ4n) is 2.31. The Morgan fingerprint density at radius 2 is 1.00 bits per heavy atom. The lowest BCUT2D eigenvalue weighted by molar-refractivity contribution is 0.0555. The van der Waals surface area contributed by atoms with Gasteiger partial charge in [-0.3, -0.25) is 0 Å². The molecule has 0 aliphatic carbocycles. The van der Waals surface area contributed by atoms with Crippen LogP contribution in [0.25, 0.3) is 0 Å². The van der Waals surface area contributed by atoms with Crippen LogP contribution in [-0.2, 0) is 26.6 Å². The molecule has 0 aliphatic rings. The smallest absolute Gasteiger partial charge is 0.376 e. The maximum absolute atomic E-state index is 6.52. The summed E-state index contributed by atoms with van der Waals surface area (Å²) in [6.45, 7) is 0.284. The molecule has 0 radical (unpaired) electrons. The molecule has 0 rings (SSSR count). The van der Waals surface area contributed by atoms with Gasteiger partial charge in [0.05, 0.1) is 0 Å². The van der Waals surface area contributed by atoms with Gasteiger partial charge in [0.2, 0.25) is 0 Å². The van der Waals surface area contributed by atoms with Crippen molar-refractivity contribution in [1.29, 1.82) is 0 Å². The van der Waals surface area contributed by atoms with E-state index in [1.54, 1.807) is 0 Å². The van der Waals surface area contributed by atoms with Gasteiger partial charge < -0.3 is 38.0 Å². The summed E-state index contributed by atoms with van der Waals surface area (Å²) < 4.78 is 32.8. The van der Waals surface area contributed by atoms with Crippen molar-refractivity contribution in [2.24, 2.45) is 11.5 Å². The van der Waals surface area contributed by atoms with E-state index in [1.807, 2.05) is 0 Å². The van der Waals surface area contributed by atoms with Gasteiger partial charge in [0.1, 0.15) is 0 Å². The minimum Gasteiger partial charge on any atom is -0.376 e. The highest BCUT2D eigenvalue weighted by Gasteiger charge is 2.74. The van der Waals surface area contributed by atoms with Crippen LogP contribution >= 0.6 is 0 Å². The van der Waals surface area contributed by atoms with Crippen molar-refractivity contribution < 1.29 is 26.6 Å². The fraction of sp³-hybridized carbons (Fsp3) is 1.00. The molecule has 0 fully saturated rings. The Balaban J connectivity index is 5.93. The van der Waals surface area contributed by atoms with Crippen molar-refractivity contribution >= 4 is 17.6 Å². The molecule has 116 valence electrons. The van der Waals surface area contributed by atoms with E-state index in [0.29, 0.717) is 6.42 Å². The van der Waals surface area contributed by atoms with Crippen molar-refractivity contribution in [2.45, 2.75) is 11.2 Å². The van der Waals surface area contributed by atoms with Crippen LogP contribution in [-0.4, -0.2) is 71.6 Å². The molecule has 0 saturated carbocycles. The second kappa shape index (κ2) is 7.78. The molecule has 0 aromatic carbocycles. The van der Waals surface area contributed by atoms with E-state index in [1.165, 1.54) is 42.7 Å². The van der Waals surface area contributed by atoms with E-state index < -0.39 is 22.4 Å². The number of hydrogen-bond acceptors (Lipinski definition) is 8. The molecule has 0 saturated heterocycles. The van der Waals surface area contributed by atoms with Crippen molar-refractivity contribution in [3.8, 4) is 0 Å². The molecule has 0 atom stereocenters. The van der Waals surface area contributed by atoms with E-state index in [2.05, 4.69) is 0 Å². The van der Waals surface area contributed by atoms with Crippen molar-refractivity contribution in [2.75, 3.05) is 49.2 Å². The third-order valence-corrected chi connectivity index (χ3v) is 11.0. The van der Waals surface area contributed by atoms with Gasteiger partial charge in [-0.1, -0.05) is 0 Å². The molecule has 19 heavy (non-hydrogen) atoms. The molecule has 0 bridgehead atoms. The Hall–Kier alpha value is 0.114. The van der Waals surface area contributed by atoms with Gasteiger partial charge in [0.25, 0.3) is 0 Å². The molecule has 0 aromatic rings. The molecule has 8 nitrogen and oxygen atoms in total.